The van der Waals surface area contributed by atoms with E-state index in [1.54, 1.807) is 6.20 Å². The predicted octanol–water partition coefficient (Wildman–Crippen LogP) is 1.22. The highest BCUT2D eigenvalue weighted by molar-refractivity contribution is 5.81. The second-order valence-electron chi connectivity index (χ2n) is 6.65. The number of ether oxygens (including phenoxy) is 1. The molecule has 0 aromatic carbocycles. The van der Waals surface area contributed by atoms with Gasteiger partial charge in [0.1, 0.15) is 17.8 Å². The highest BCUT2D eigenvalue weighted by Gasteiger charge is 2.29. The summed E-state index contributed by atoms with van der Waals surface area (Å²) in [5.41, 5.74) is 1.12. The van der Waals surface area contributed by atoms with Gasteiger partial charge in [0.2, 0.25) is 0 Å². The average Bonchev–Trinajstić information content (AvgIpc) is 2.91. The van der Waals surface area contributed by atoms with Crippen LogP contribution in [0, 0.1) is 0 Å². The number of rotatable bonds is 3. The van der Waals surface area contributed by atoms with E-state index in [2.05, 4.69) is 19.7 Å². The highest BCUT2D eigenvalue weighted by atomic mass is 16.5. The Labute approximate surface area is 147 Å². The molecule has 1 fully saturated rings. The Morgan fingerprint density at radius 3 is 3.00 bits per heavy atom. The molecule has 1 atom stereocenters. The minimum Gasteiger partial charge on any atom is -0.368 e. The standard InChI is InChI=1S/C18H23N5O2/c24-18(15-5-1-2-11-25-15)22-8-6-16-20-21-17(23(16)10-9-22)12-14-4-3-7-19-13-14/h3-4,7,13,15H,1-2,5-6,8-12H2/t15-/m1/s1. The smallest absolute Gasteiger partial charge is 0.251 e. The lowest BCUT2D eigenvalue weighted by atomic mass is 10.1. The lowest BCUT2D eigenvalue weighted by Gasteiger charge is -2.28. The summed E-state index contributed by atoms with van der Waals surface area (Å²) in [5, 5.41) is 8.69. The van der Waals surface area contributed by atoms with E-state index in [1.165, 1.54) is 0 Å². The molecule has 132 valence electrons. The zero-order valence-corrected chi connectivity index (χ0v) is 14.3. The van der Waals surface area contributed by atoms with E-state index in [0.29, 0.717) is 26.1 Å². The lowest BCUT2D eigenvalue weighted by Crippen LogP contribution is -2.43. The van der Waals surface area contributed by atoms with Crippen molar-refractivity contribution in [2.24, 2.45) is 0 Å². The summed E-state index contributed by atoms with van der Waals surface area (Å²) in [7, 11) is 0. The van der Waals surface area contributed by atoms with Gasteiger partial charge in [-0.3, -0.25) is 9.78 Å². The number of pyridine rings is 1. The third-order valence-corrected chi connectivity index (χ3v) is 4.95. The molecular formula is C18H23N5O2. The maximum atomic E-state index is 12.7. The minimum atomic E-state index is -0.257. The average molecular weight is 341 g/mol. The van der Waals surface area contributed by atoms with Crippen molar-refractivity contribution in [1.82, 2.24) is 24.6 Å². The van der Waals surface area contributed by atoms with Gasteiger partial charge in [0, 0.05) is 51.5 Å². The predicted molar refractivity (Wildman–Crippen MR) is 90.9 cm³/mol. The molecule has 25 heavy (non-hydrogen) atoms. The van der Waals surface area contributed by atoms with Crippen LogP contribution in [0.3, 0.4) is 0 Å². The Kier molecular flexibility index (Phi) is 4.74. The second-order valence-corrected chi connectivity index (χ2v) is 6.65. The zero-order valence-electron chi connectivity index (χ0n) is 14.3. The van der Waals surface area contributed by atoms with Gasteiger partial charge in [-0.05, 0) is 30.9 Å². The molecule has 0 unspecified atom stereocenters. The van der Waals surface area contributed by atoms with Gasteiger partial charge >= 0.3 is 0 Å². The Morgan fingerprint density at radius 1 is 1.24 bits per heavy atom. The normalized spacial score (nSPS) is 20.8. The Hall–Kier alpha value is -2.28. The van der Waals surface area contributed by atoms with Crippen molar-refractivity contribution in [2.45, 2.75) is 44.8 Å². The Balaban J connectivity index is 1.44. The summed E-state index contributed by atoms with van der Waals surface area (Å²) in [4.78, 5) is 18.8. The van der Waals surface area contributed by atoms with Crippen molar-refractivity contribution >= 4 is 5.91 Å². The Morgan fingerprint density at radius 2 is 2.20 bits per heavy atom. The van der Waals surface area contributed by atoms with Crippen LogP contribution in [0.25, 0.3) is 0 Å². The van der Waals surface area contributed by atoms with Crippen molar-refractivity contribution in [2.75, 3.05) is 19.7 Å². The van der Waals surface area contributed by atoms with Crippen molar-refractivity contribution in [3.05, 3.63) is 41.7 Å². The second kappa shape index (κ2) is 7.31. The third-order valence-electron chi connectivity index (χ3n) is 4.95. The van der Waals surface area contributed by atoms with Gasteiger partial charge in [0.15, 0.2) is 0 Å². The number of carbonyl (C=O) groups is 1. The number of carbonyl (C=O) groups excluding carboxylic acids is 1. The number of nitrogens with zero attached hydrogens (tertiary/aromatic N) is 5. The van der Waals surface area contributed by atoms with Gasteiger partial charge in [-0.25, -0.2) is 0 Å². The molecular weight excluding hydrogens is 318 g/mol. The minimum absolute atomic E-state index is 0.132. The first-order valence-corrected chi connectivity index (χ1v) is 9.01. The van der Waals surface area contributed by atoms with E-state index in [4.69, 9.17) is 4.74 Å². The van der Waals surface area contributed by atoms with Crippen LogP contribution >= 0.6 is 0 Å². The topological polar surface area (TPSA) is 73.1 Å². The molecule has 4 heterocycles. The molecule has 0 N–H and O–H groups in total. The van der Waals surface area contributed by atoms with Crippen LogP contribution < -0.4 is 0 Å². The molecule has 0 saturated carbocycles. The molecule has 2 aromatic heterocycles. The molecule has 7 nitrogen and oxygen atoms in total. The summed E-state index contributed by atoms with van der Waals surface area (Å²) >= 11 is 0. The molecule has 1 saturated heterocycles. The summed E-state index contributed by atoms with van der Waals surface area (Å²) in [6, 6.07) is 3.97. The van der Waals surface area contributed by atoms with E-state index in [1.807, 2.05) is 23.2 Å². The van der Waals surface area contributed by atoms with Gasteiger partial charge in [0.25, 0.3) is 5.91 Å². The van der Waals surface area contributed by atoms with Crippen LogP contribution in [0.1, 0.15) is 36.5 Å². The quantitative estimate of drug-likeness (QED) is 0.839. The van der Waals surface area contributed by atoms with Crippen LogP contribution in [0.15, 0.2) is 24.5 Å². The fraction of sp³-hybridized carbons (Fsp3) is 0.556. The van der Waals surface area contributed by atoms with Crippen LogP contribution in [-0.2, 0) is 28.9 Å². The number of fused-ring (bicyclic) bond motifs is 1. The first-order valence-electron chi connectivity index (χ1n) is 9.01. The number of aromatic nitrogens is 4. The first-order chi connectivity index (χ1) is 12.3. The maximum Gasteiger partial charge on any atom is 0.251 e. The summed E-state index contributed by atoms with van der Waals surface area (Å²) < 4.78 is 7.82. The summed E-state index contributed by atoms with van der Waals surface area (Å²) in [6.07, 6.45) is 7.78. The Bertz CT molecular complexity index is 724. The number of hydrogen-bond donors (Lipinski definition) is 0. The molecule has 7 heteroatoms. The summed E-state index contributed by atoms with van der Waals surface area (Å²) in [5.74, 6) is 2.03. The van der Waals surface area contributed by atoms with Gasteiger partial charge in [-0.1, -0.05) is 6.07 Å². The fourth-order valence-electron chi connectivity index (χ4n) is 3.56. The van der Waals surface area contributed by atoms with Gasteiger partial charge in [0.05, 0.1) is 0 Å². The van der Waals surface area contributed by atoms with Crippen molar-refractivity contribution in [1.29, 1.82) is 0 Å². The molecule has 0 aliphatic carbocycles. The van der Waals surface area contributed by atoms with Crippen molar-refractivity contribution < 1.29 is 9.53 Å². The van der Waals surface area contributed by atoms with Crippen LogP contribution in [0.4, 0.5) is 0 Å². The van der Waals surface area contributed by atoms with Crippen LogP contribution in [0.2, 0.25) is 0 Å². The molecule has 4 rings (SSSR count). The first kappa shape index (κ1) is 16.2. The van der Waals surface area contributed by atoms with E-state index >= 15 is 0 Å². The number of hydrogen-bond acceptors (Lipinski definition) is 5. The largest absolute Gasteiger partial charge is 0.368 e. The molecule has 0 radical (unpaired) electrons. The molecule has 1 amide bonds. The van der Waals surface area contributed by atoms with Crippen LogP contribution in [0.5, 0.6) is 0 Å². The fourth-order valence-corrected chi connectivity index (χ4v) is 3.56. The van der Waals surface area contributed by atoms with Crippen molar-refractivity contribution in [3.63, 3.8) is 0 Å². The van der Waals surface area contributed by atoms with Gasteiger partial charge in [-0.2, -0.15) is 0 Å². The van der Waals surface area contributed by atoms with Crippen LogP contribution in [-0.4, -0.2) is 56.4 Å². The van der Waals surface area contributed by atoms with E-state index in [0.717, 1.165) is 49.4 Å². The van der Waals surface area contributed by atoms with E-state index < -0.39 is 0 Å². The highest BCUT2D eigenvalue weighted by Crippen LogP contribution is 2.18. The van der Waals surface area contributed by atoms with E-state index in [9.17, 15) is 4.79 Å². The SMILES string of the molecule is O=C([C@H]1CCCCO1)N1CCc2nnc(Cc3cccnc3)n2CC1. The maximum absolute atomic E-state index is 12.7. The molecule has 2 aliphatic heterocycles. The third kappa shape index (κ3) is 3.56. The molecule has 2 aromatic rings. The van der Waals surface area contributed by atoms with Gasteiger partial charge < -0.3 is 14.2 Å². The molecule has 0 spiro atoms. The monoisotopic (exact) mass is 341 g/mol. The molecule has 0 bridgehead atoms. The zero-order chi connectivity index (χ0) is 17.1. The summed E-state index contributed by atoms with van der Waals surface area (Å²) in [6.45, 7) is 2.80. The van der Waals surface area contributed by atoms with Gasteiger partial charge in [-0.15, -0.1) is 10.2 Å². The van der Waals surface area contributed by atoms with Crippen molar-refractivity contribution in [3.8, 4) is 0 Å². The van der Waals surface area contributed by atoms with E-state index in [-0.39, 0.29) is 12.0 Å². The lowest BCUT2D eigenvalue weighted by molar-refractivity contribution is -0.146. The molecule has 2 aliphatic rings. The number of amides is 1.